The topological polar surface area (TPSA) is 56.7 Å². The molecule has 0 spiro atoms. The third-order valence-electron chi connectivity index (χ3n) is 3.52. The highest BCUT2D eigenvalue weighted by atomic mass is 16.3. The Hall–Kier alpha value is -3.21. The van der Waals surface area contributed by atoms with Crippen LogP contribution in [0.25, 0.3) is 22.7 Å². The van der Waals surface area contributed by atoms with Crippen molar-refractivity contribution in [3.05, 3.63) is 78.8 Å². The fraction of sp³-hybridized carbons (Fsp3) is 0.0556. The molecular weight excluding hydrogens is 288 g/mol. The molecule has 2 aromatic heterocycles. The molecule has 4 rings (SSSR count). The van der Waals surface area contributed by atoms with Crippen LogP contribution in [0.1, 0.15) is 5.56 Å². The maximum Gasteiger partial charge on any atom is 0.284 e. The van der Waals surface area contributed by atoms with Crippen LogP contribution in [0.2, 0.25) is 0 Å². The summed E-state index contributed by atoms with van der Waals surface area (Å²) in [6.45, 7) is 0.663. The van der Waals surface area contributed by atoms with E-state index in [1.165, 1.54) is 5.56 Å². The quantitative estimate of drug-likeness (QED) is 0.579. The van der Waals surface area contributed by atoms with Crippen molar-refractivity contribution in [2.45, 2.75) is 6.54 Å². The summed E-state index contributed by atoms with van der Waals surface area (Å²) < 4.78 is 7.21. The van der Waals surface area contributed by atoms with E-state index < -0.39 is 0 Å². The lowest BCUT2D eigenvalue weighted by Crippen LogP contribution is -1.99. The van der Waals surface area contributed by atoms with Gasteiger partial charge in [-0.25, -0.2) is 9.67 Å². The van der Waals surface area contributed by atoms with Gasteiger partial charge in [-0.05, 0) is 5.56 Å². The highest BCUT2D eigenvalue weighted by Gasteiger charge is 2.16. The molecule has 5 nitrogen and oxygen atoms in total. The van der Waals surface area contributed by atoms with Crippen LogP contribution < -0.4 is 0 Å². The monoisotopic (exact) mass is 301 g/mol. The van der Waals surface area contributed by atoms with E-state index in [1.807, 2.05) is 54.7 Å². The predicted octanol–water partition coefficient (Wildman–Crippen LogP) is 3.45. The fourth-order valence-electron chi connectivity index (χ4n) is 2.43. The first-order valence-electron chi connectivity index (χ1n) is 7.27. The number of aromatic nitrogens is 4. The van der Waals surface area contributed by atoms with E-state index in [9.17, 15) is 0 Å². The minimum absolute atomic E-state index is 0.649. The Balaban J connectivity index is 1.64. The standard InChI is InChI=1S/C18H13N4O/c1-3-7-14(8-4-1)11-22-12-16(20-21-22)17-18(23-13-19-17)15-9-5-2-6-10-15/h1-10,12H,11H2. The van der Waals surface area contributed by atoms with Crippen molar-refractivity contribution in [1.82, 2.24) is 20.0 Å². The number of rotatable bonds is 4. The van der Waals surface area contributed by atoms with Gasteiger partial charge in [-0.1, -0.05) is 65.9 Å². The molecule has 1 radical (unpaired) electrons. The highest BCUT2D eigenvalue weighted by molar-refractivity contribution is 5.73. The molecule has 2 aromatic carbocycles. The molecular formula is C18H13N4O. The maximum absolute atomic E-state index is 5.42. The van der Waals surface area contributed by atoms with Gasteiger partial charge in [-0.2, -0.15) is 0 Å². The van der Waals surface area contributed by atoms with Crippen molar-refractivity contribution in [2.75, 3.05) is 0 Å². The first kappa shape index (κ1) is 13.5. The molecule has 23 heavy (non-hydrogen) atoms. The van der Waals surface area contributed by atoms with Crippen molar-refractivity contribution in [3.8, 4) is 22.7 Å². The zero-order chi connectivity index (χ0) is 15.5. The van der Waals surface area contributed by atoms with Crippen LogP contribution in [0.15, 0.2) is 71.3 Å². The molecule has 0 aliphatic carbocycles. The summed E-state index contributed by atoms with van der Waals surface area (Å²) in [6.07, 6.45) is 4.42. The largest absolute Gasteiger partial charge is 0.432 e. The summed E-state index contributed by atoms with van der Waals surface area (Å²) >= 11 is 0. The Labute approximate surface area is 133 Å². The van der Waals surface area contributed by atoms with Gasteiger partial charge in [0.1, 0.15) is 11.4 Å². The SMILES string of the molecule is [c]1nc(-c2cn(Cc3ccccc3)nn2)c(-c2ccccc2)o1. The third-order valence-corrected chi connectivity index (χ3v) is 3.52. The van der Waals surface area contributed by atoms with E-state index in [1.54, 1.807) is 4.68 Å². The zero-order valence-corrected chi connectivity index (χ0v) is 12.3. The average Bonchev–Trinajstić information content (AvgIpc) is 3.25. The Bertz CT molecular complexity index is 897. The van der Waals surface area contributed by atoms with Gasteiger partial charge in [0.05, 0.1) is 12.7 Å². The molecule has 0 saturated heterocycles. The van der Waals surface area contributed by atoms with Crippen LogP contribution >= 0.6 is 0 Å². The van der Waals surface area contributed by atoms with Gasteiger partial charge in [-0.3, -0.25) is 0 Å². The van der Waals surface area contributed by atoms with E-state index >= 15 is 0 Å². The lowest BCUT2D eigenvalue weighted by Gasteiger charge is -1.99. The molecule has 111 valence electrons. The third kappa shape index (κ3) is 2.76. The molecule has 0 aliphatic heterocycles. The van der Waals surface area contributed by atoms with E-state index in [4.69, 9.17) is 4.42 Å². The molecule has 0 saturated carbocycles. The van der Waals surface area contributed by atoms with Crippen molar-refractivity contribution in [3.63, 3.8) is 0 Å². The van der Waals surface area contributed by atoms with Crippen LogP contribution in [0, 0.1) is 6.39 Å². The van der Waals surface area contributed by atoms with Crippen LogP contribution in [-0.4, -0.2) is 20.0 Å². The summed E-state index contributed by atoms with van der Waals surface area (Å²) in [5, 5.41) is 8.38. The minimum Gasteiger partial charge on any atom is -0.432 e. The van der Waals surface area contributed by atoms with E-state index in [2.05, 4.69) is 33.8 Å². The second-order valence-electron chi connectivity index (χ2n) is 5.14. The molecule has 2 heterocycles. The molecule has 0 bridgehead atoms. The van der Waals surface area contributed by atoms with Gasteiger partial charge in [-0.15, -0.1) is 5.10 Å². The summed E-state index contributed by atoms with van der Waals surface area (Å²) in [5.41, 5.74) is 3.42. The average molecular weight is 301 g/mol. The lowest BCUT2D eigenvalue weighted by atomic mass is 10.1. The van der Waals surface area contributed by atoms with Crippen LogP contribution in [0.3, 0.4) is 0 Å². The normalized spacial score (nSPS) is 10.8. The Morgan fingerprint density at radius 2 is 1.70 bits per heavy atom. The number of benzene rings is 2. The van der Waals surface area contributed by atoms with Gasteiger partial charge in [0, 0.05) is 5.56 Å². The van der Waals surface area contributed by atoms with E-state index in [-0.39, 0.29) is 0 Å². The van der Waals surface area contributed by atoms with Gasteiger partial charge in [0.15, 0.2) is 5.76 Å². The van der Waals surface area contributed by atoms with Crippen molar-refractivity contribution >= 4 is 0 Å². The van der Waals surface area contributed by atoms with Crippen molar-refractivity contribution in [1.29, 1.82) is 0 Å². The molecule has 0 atom stereocenters. The first-order valence-corrected chi connectivity index (χ1v) is 7.27. The minimum atomic E-state index is 0.649. The number of hydrogen-bond acceptors (Lipinski definition) is 4. The van der Waals surface area contributed by atoms with Gasteiger partial charge < -0.3 is 4.42 Å². The second kappa shape index (κ2) is 5.88. The summed E-state index contributed by atoms with van der Waals surface area (Å²) in [7, 11) is 0. The highest BCUT2D eigenvalue weighted by Crippen LogP contribution is 2.29. The second-order valence-corrected chi connectivity index (χ2v) is 5.14. The smallest absolute Gasteiger partial charge is 0.284 e. The molecule has 5 heteroatoms. The van der Waals surface area contributed by atoms with Crippen LogP contribution in [0.5, 0.6) is 0 Å². The van der Waals surface area contributed by atoms with Crippen molar-refractivity contribution < 1.29 is 4.42 Å². The number of hydrogen-bond donors (Lipinski definition) is 0. The molecule has 4 aromatic rings. The predicted molar refractivity (Wildman–Crippen MR) is 85.3 cm³/mol. The summed E-state index contributed by atoms with van der Waals surface area (Å²) in [5.74, 6) is 0.650. The van der Waals surface area contributed by atoms with Crippen molar-refractivity contribution in [2.24, 2.45) is 0 Å². The Kier molecular flexibility index (Phi) is 3.44. The molecule has 0 fully saturated rings. The number of oxazole rings is 1. The van der Waals surface area contributed by atoms with Crippen LogP contribution in [0.4, 0.5) is 0 Å². The maximum atomic E-state index is 5.42. The van der Waals surface area contributed by atoms with Gasteiger partial charge in [0.25, 0.3) is 6.39 Å². The molecule has 0 unspecified atom stereocenters. The first-order chi connectivity index (χ1) is 11.4. The molecule has 0 amide bonds. The van der Waals surface area contributed by atoms with Gasteiger partial charge >= 0.3 is 0 Å². The van der Waals surface area contributed by atoms with E-state index in [0.717, 1.165) is 5.56 Å². The summed E-state index contributed by atoms with van der Waals surface area (Å²) in [4.78, 5) is 4.18. The fourth-order valence-corrected chi connectivity index (χ4v) is 2.43. The zero-order valence-electron chi connectivity index (χ0n) is 12.3. The van der Waals surface area contributed by atoms with E-state index in [0.29, 0.717) is 23.7 Å². The molecule has 0 N–H and O–H groups in total. The number of nitrogens with zero attached hydrogens (tertiary/aromatic N) is 4. The van der Waals surface area contributed by atoms with Crippen LogP contribution in [-0.2, 0) is 6.54 Å². The Morgan fingerprint density at radius 3 is 2.48 bits per heavy atom. The Morgan fingerprint density at radius 1 is 0.957 bits per heavy atom. The lowest BCUT2D eigenvalue weighted by molar-refractivity contribution is 0.562. The molecule has 0 aliphatic rings. The van der Waals surface area contributed by atoms with Gasteiger partial charge in [0.2, 0.25) is 0 Å². The summed E-state index contributed by atoms with van der Waals surface area (Å²) in [6, 6.07) is 19.9.